The van der Waals surface area contributed by atoms with E-state index in [0.29, 0.717) is 28.7 Å². The number of anilines is 5. The summed E-state index contributed by atoms with van der Waals surface area (Å²) >= 11 is 0. The smallest absolute Gasteiger partial charge is 0.229 e. The summed E-state index contributed by atoms with van der Waals surface area (Å²) in [6.45, 7) is 10.4. The summed E-state index contributed by atoms with van der Waals surface area (Å²) in [5.41, 5.74) is 3.38. The van der Waals surface area contributed by atoms with Crippen LogP contribution in [0.25, 0.3) is 0 Å². The quantitative estimate of drug-likeness (QED) is 0.450. The molecule has 1 fully saturated rings. The lowest BCUT2D eigenvalue weighted by Gasteiger charge is -2.34. The fourth-order valence-electron chi connectivity index (χ4n) is 3.96. The molecule has 2 aromatic carbocycles. The second kappa shape index (κ2) is 10.6. The van der Waals surface area contributed by atoms with Crippen LogP contribution < -0.4 is 15.5 Å². The summed E-state index contributed by atoms with van der Waals surface area (Å²) in [6.07, 6.45) is 1.68. The van der Waals surface area contributed by atoms with Crippen LogP contribution in [0.2, 0.25) is 0 Å². The number of aryl methyl sites for hydroxylation is 1. The van der Waals surface area contributed by atoms with Crippen molar-refractivity contribution in [3.8, 4) is 0 Å². The Kier molecular flexibility index (Phi) is 7.70. The van der Waals surface area contributed by atoms with Gasteiger partial charge < -0.3 is 20.4 Å². The lowest BCUT2D eigenvalue weighted by atomic mass is 10.2. The van der Waals surface area contributed by atoms with Crippen molar-refractivity contribution in [2.45, 2.75) is 38.2 Å². The molecule has 1 aliphatic heterocycles. The van der Waals surface area contributed by atoms with Crippen molar-refractivity contribution in [1.29, 1.82) is 0 Å². The molecule has 10 heteroatoms. The minimum atomic E-state index is -3.31. The molecule has 1 saturated heterocycles. The maximum Gasteiger partial charge on any atom is 0.229 e. The van der Waals surface area contributed by atoms with Crippen LogP contribution in [0.1, 0.15) is 31.9 Å². The van der Waals surface area contributed by atoms with Crippen molar-refractivity contribution in [3.63, 3.8) is 0 Å². The molecule has 1 aromatic heterocycles. The third-order valence-electron chi connectivity index (χ3n) is 6.50. The molecule has 0 amide bonds. The first-order chi connectivity index (χ1) is 17.4. The fraction of sp³-hybridized carbons (Fsp3) is 0.407. The Morgan fingerprint density at radius 3 is 2.38 bits per heavy atom. The third kappa shape index (κ3) is 6.56. The van der Waals surface area contributed by atoms with Crippen molar-refractivity contribution in [1.82, 2.24) is 14.9 Å². The SMILES string of the molecule is Cc1cnc(Nc2ccc(N3CCN(C)CC3)c(F)c2)nc1Nc1cccc(CS(=O)(=O)C(C)(C)C)c1. The summed E-state index contributed by atoms with van der Waals surface area (Å²) in [7, 11) is -1.24. The zero-order chi connectivity index (χ0) is 26.8. The van der Waals surface area contributed by atoms with Crippen molar-refractivity contribution in [2.75, 3.05) is 48.8 Å². The Balaban J connectivity index is 1.48. The van der Waals surface area contributed by atoms with Gasteiger partial charge in [-0.1, -0.05) is 12.1 Å². The highest BCUT2D eigenvalue weighted by molar-refractivity contribution is 7.91. The lowest BCUT2D eigenvalue weighted by molar-refractivity contribution is 0.311. The predicted molar refractivity (Wildman–Crippen MR) is 148 cm³/mol. The number of aromatic nitrogens is 2. The summed E-state index contributed by atoms with van der Waals surface area (Å²) in [6, 6.07) is 12.4. The number of halogens is 1. The van der Waals surface area contributed by atoms with Crippen LogP contribution in [0.3, 0.4) is 0 Å². The number of hydrogen-bond acceptors (Lipinski definition) is 8. The number of hydrogen-bond donors (Lipinski definition) is 2. The van der Waals surface area contributed by atoms with Crippen molar-refractivity contribution in [2.24, 2.45) is 0 Å². The van der Waals surface area contributed by atoms with Gasteiger partial charge in [0.25, 0.3) is 0 Å². The molecule has 2 heterocycles. The molecule has 2 N–H and O–H groups in total. The second-order valence-electron chi connectivity index (χ2n) is 10.5. The highest BCUT2D eigenvalue weighted by Crippen LogP contribution is 2.27. The van der Waals surface area contributed by atoms with Gasteiger partial charge in [0.05, 0.1) is 16.2 Å². The molecule has 1 aliphatic rings. The molecule has 0 saturated carbocycles. The predicted octanol–water partition coefficient (Wildman–Crippen LogP) is 4.88. The largest absolute Gasteiger partial charge is 0.367 e. The van der Waals surface area contributed by atoms with E-state index in [1.165, 1.54) is 6.07 Å². The molecule has 0 unspecified atom stereocenters. The first-order valence-electron chi connectivity index (χ1n) is 12.3. The summed E-state index contributed by atoms with van der Waals surface area (Å²) in [5, 5.41) is 6.35. The van der Waals surface area contributed by atoms with Crippen LogP contribution in [0, 0.1) is 12.7 Å². The van der Waals surface area contributed by atoms with Crippen LogP contribution in [0.4, 0.5) is 33.2 Å². The highest BCUT2D eigenvalue weighted by Gasteiger charge is 2.29. The molecule has 0 radical (unpaired) electrons. The minimum absolute atomic E-state index is 0.0444. The summed E-state index contributed by atoms with van der Waals surface area (Å²) in [5.74, 6) is 0.563. The maximum absolute atomic E-state index is 14.9. The van der Waals surface area contributed by atoms with Crippen LogP contribution in [0.5, 0.6) is 0 Å². The zero-order valence-corrected chi connectivity index (χ0v) is 22.9. The monoisotopic (exact) mass is 526 g/mol. The molecule has 0 spiro atoms. The Labute approximate surface area is 218 Å². The molecule has 3 aromatic rings. The first-order valence-corrected chi connectivity index (χ1v) is 14.0. The van der Waals surface area contributed by atoms with Crippen LogP contribution >= 0.6 is 0 Å². The van der Waals surface area contributed by atoms with Crippen molar-refractivity contribution >= 4 is 38.7 Å². The van der Waals surface area contributed by atoms with Crippen molar-refractivity contribution < 1.29 is 12.8 Å². The number of rotatable bonds is 7. The van der Waals surface area contributed by atoms with E-state index in [0.717, 1.165) is 37.4 Å². The summed E-state index contributed by atoms with van der Waals surface area (Å²) < 4.78 is 39.3. The van der Waals surface area contributed by atoms with Gasteiger partial charge in [0.1, 0.15) is 11.6 Å². The fourth-order valence-corrected chi connectivity index (χ4v) is 5.01. The van der Waals surface area contributed by atoms with E-state index in [1.54, 1.807) is 39.1 Å². The molecular formula is C27H35FN6O2S. The average Bonchev–Trinajstić information content (AvgIpc) is 2.81. The zero-order valence-electron chi connectivity index (χ0n) is 22.0. The van der Waals surface area contributed by atoms with E-state index in [1.807, 2.05) is 31.2 Å². The Morgan fingerprint density at radius 1 is 1.00 bits per heavy atom. The lowest BCUT2D eigenvalue weighted by Crippen LogP contribution is -2.44. The Hall–Kier alpha value is -3.24. The van der Waals surface area contributed by atoms with Gasteiger partial charge in [-0.25, -0.2) is 17.8 Å². The first kappa shape index (κ1) is 26.8. The van der Waals surface area contributed by atoms with Gasteiger partial charge in [-0.15, -0.1) is 0 Å². The molecule has 198 valence electrons. The van der Waals surface area contributed by atoms with E-state index in [4.69, 9.17) is 0 Å². The van der Waals surface area contributed by atoms with Crippen LogP contribution in [-0.4, -0.2) is 61.3 Å². The number of likely N-dealkylation sites (N-methyl/N-ethyl adjacent to an activating group) is 1. The minimum Gasteiger partial charge on any atom is -0.367 e. The maximum atomic E-state index is 14.9. The number of nitrogens with zero attached hydrogens (tertiary/aromatic N) is 4. The number of piperazine rings is 1. The van der Waals surface area contributed by atoms with E-state index in [-0.39, 0.29) is 11.6 Å². The standard InChI is InChI=1S/C27H35FN6O2S/c1-19-17-29-26(31-22-9-10-24(23(28)16-22)34-13-11-33(5)12-14-34)32-25(19)30-21-8-6-7-20(15-21)18-37(35,36)27(2,3)4/h6-10,15-17H,11-14,18H2,1-5H3,(H2,29,30,31,32). The van der Waals surface area contributed by atoms with E-state index in [9.17, 15) is 12.8 Å². The van der Waals surface area contributed by atoms with Crippen molar-refractivity contribution in [3.05, 3.63) is 65.6 Å². The van der Waals surface area contributed by atoms with Crippen LogP contribution in [0.15, 0.2) is 48.7 Å². The van der Waals surface area contributed by atoms with Gasteiger partial charge in [0.2, 0.25) is 5.95 Å². The molecule has 4 rings (SSSR count). The third-order valence-corrected chi connectivity index (χ3v) is 9.08. The molecule has 37 heavy (non-hydrogen) atoms. The topological polar surface area (TPSA) is 90.5 Å². The normalized spacial score (nSPS) is 15.0. The van der Waals surface area contributed by atoms with Gasteiger partial charge in [0.15, 0.2) is 9.84 Å². The highest BCUT2D eigenvalue weighted by atomic mass is 32.2. The van der Waals surface area contributed by atoms with Crippen LogP contribution in [-0.2, 0) is 15.6 Å². The van der Waals surface area contributed by atoms with Gasteiger partial charge in [-0.2, -0.15) is 4.98 Å². The van der Waals surface area contributed by atoms with Gasteiger partial charge in [-0.05, 0) is 70.6 Å². The summed E-state index contributed by atoms with van der Waals surface area (Å²) in [4.78, 5) is 13.2. The number of nitrogens with one attached hydrogen (secondary N) is 2. The van der Waals surface area contributed by atoms with Gasteiger partial charge in [-0.3, -0.25) is 0 Å². The number of sulfone groups is 1. The van der Waals surface area contributed by atoms with E-state index >= 15 is 0 Å². The molecule has 8 nitrogen and oxygen atoms in total. The average molecular weight is 527 g/mol. The second-order valence-corrected chi connectivity index (χ2v) is 13.2. The molecule has 0 atom stereocenters. The van der Waals surface area contributed by atoms with Gasteiger partial charge in [0, 0.05) is 49.3 Å². The number of benzene rings is 2. The molecular weight excluding hydrogens is 491 g/mol. The van der Waals surface area contributed by atoms with Gasteiger partial charge >= 0.3 is 0 Å². The Morgan fingerprint density at radius 2 is 1.70 bits per heavy atom. The molecule has 0 aliphatic carbocycles. The Bertz CT molecular complexity index is 1370. The van der Waals surface area contributed by atoms with E-state index in [2.05, 4.69) is 37.4 Å². The molecule has 0 bridgehead atoms. The van der Waals surface area contributed by atoms with E-state index < -0.39 is 14.6 Å².